The average molecular weight is 358 g/mol. The van der Waals surface area contributed by atoms with Gasteiger partial charge < -0.3 is 19.6 Å². The smallest absolute Gasteiger partial charge is 0.335 e. The first-order chi connectivity index (χ1) is 12.5. The first-order valence-electron chi connectivity index (χ1n) is 8.27. The van der Waals surface area contributed by atoms with E-state index in [0.29, 0.717) is 31.9 Å². The molecule has 1 aliphatic heterocycles. The molecule has 0 bridgehead atoms. The fourth-order valence-corrected chi connectivity index (χ4v) is 2.82. The molecule has 3 rings (SSSR count). The molecule has 0 saturated carbocycles. The van der Waals surface area contributed by atoms with Crippen molar-refractivity contribution in [1.29, 1.82) is 0 Å². The predicted octanol–water partition coefficient (Wildman–Crippen LogP) is 2.25. The van der Waals surface area contributed by atoms with Gasteiger partial charge in [-0.2, -0.15) is 0 Å². The summed E-state index contributed by atoms with van der Waals surface area (Å²) in [6, 6.07) is 12.3. The van der Waals surface area contributed by atoms with Crippen molar-refractivity contribution in [2.45, 2.75) is 0 Å². The summed E-state index contributed by atoms with van der Waals surface area (Å²) in [6.07, 6.45) is 0. The molecule has 2 aromatic rings. The van der Waals surface area contributed by atoms with E-state index < -0.39 is 5.97 Å². The number of amides is 1. The first-order valence-corrected chi connectivity index (χ1v) is 8.27. The molecular weight excluding hydrogens is 339 g/mol. The van der Waals surface area contributed by atoms with E-state index >= 15 is 0 Å². The Morgan fingerprint density at radius 1 is 1.04 bits per heavy atom. The van der Waals surface area contributed by atoms with Gasteiger partial charge in [0.2, 0.25) is 0 Å². The zero-order valence-corrected chi connectivity index (χ0v) is 14.1. The van der Waals surface area contributed by atoms with Crippen LogP contribution in [-0.4, -0.2) is 54.7 Å². The lowest BCUT2D eigenvalue weighted by molar-refractivity contribution is -0.133. The Hall–Kier alpha value is -3.09. The summed E-state index contributed by atoms with van der Waals surface area (Å²) >= 11 is 0. The van der Waals surface area contributed by atoms with Crippen molar-refractivity contribution in [2.75, 3.05) is 37.7 Å². The van der Waals surface area contributed by atoms with Gasteiger partial charge in [0, 0.05) is 31.9 Å². The number of benzene rings is 2. The Morgan fingerprint density at radius 2 is 1.73 bits per heavy atom. The second kappa shape index (κ2) is 7.86. The molecule has 0 aliphatic carbocycles. The van der Waals surface area contributed by atoms with Crippen LogP contribution in [0.3, 0.4) is 0 Å². The third-order valence-electron chi connectivity index (χ3n) is 4.27. The van der Waals surface area contributed by atoms with Crippen LogP contribution in [-0.2, 0) is 4.79 Å². The molecule has 7 heteroatoms. The van der Waals surface area contributed by atoms with Crippen LogP contribution in [0.15, 0.2) is 48.5 Å². The first kappa shape index (κ1) is 17.7. The maximum atomic E-state index is 12.9. The number of carbonyl (C=O) groups excluding carboxylic acids is 1. The fraction of sp³-hybridized carbons (Fsp3) is 0.263. The third-order valence-corrected chi connectivity index (χ3v) is 4.27. The van der Waals surface area contributed by atoms with Gasteiger partial charge in [0.25, 0.3) is 5.91 Å². The van der Waals surface area contributed by atoms with E-state index in [-0.39, 0.29) is 23.9 Å². The number of rotatable bonds is 5. The van der Waals surface area contributed by atoms with Crippen molar-refractivity contribution in [1.82, 2.24) is 4.90 Å². The number of ether oxygens (including phenoxy) is 1. The van der Waals surface area contributed by atoms with Crippen molar-refractivity contribution < 1.29 is 23.8 Å². The van der Waals surface area contributed by atoms with Gasteiger partial charge in [0.05, 0.1) is 5.56 Å². The van der Waals surface area contributed by atoms with Gasteiger partial charge in [-0.05, 0) is 42.5 Å². The molecule has 0 aromatic heterocycles. The highest BCUT2D eigenvalue weighted by Gasteiger charge is 2.22. The SMILES string of the molecule is O=C(O)c1cccc(N2CCN(C(=O)COc3ccc(F)cc3)CC2)c1. The Balaban J connectivity index is 1.51. The number of hydrogen-bond donors (Lipinski definition) is 1. The number of nitrogens with zero attached hydrogens (tertiary/aromatic N) is 2. The molecule has 1 saturated heterocycles. The lowest BCUT2D eigenvalue weighted by Gasteiger charge is -2.36. The maximum absolute atomic E-state index is 12.9. The van der Waals surface area contributed by atoms with Crippen molar-refractivity contribution >= 4 is 17.6 Å². The van der Waals surface area contributed by atoms with Crippen LogP contribution in [0.1, 0.15) is 10.4 Å². The Bertz CT molecular complexity index is 786. The van der Waals surface area contributed by atoms with Crippen LogP contribution in [0.4, 0.5) is 10.1 Å². The number of carboxylic acid groups (broad SMARTS) is 1. The third kappa shape index (κ3) is 4.30. The Labute approximate surface area is 150 Å². The topological polar surface area (TPSA) is 70.1 Å². The summed E-state index contributed by atoms with van der Waals surface area (Å²) in [5, 5.41) is 9.08. The number of piperazine rings is 1. The minimum absolute atomic E-state index is 0.0971. The van der Waals surface area contributed by atoms with Crippen molar-refractivity contribution in [3.8, 4) is 5.75 Å². The normalized spacial score (nSPS) is 14.2. The number of anilines is 1. The second-order valence-corrected chi connectivity index (χ2v) is 5.97. The molecule has 0 radical (unpaired) electrons. The summed E-state index contributed by atoms with van der Waals surface area (Å²) in [4.78, 5) is 27.1. The van der Waals surface area contributed by atoms with Gasteiger partial charge in [-0.15, -0.1) is 0 Å². The van der Waals surface area contributed by atoms with Crippen molar-refractivity contribution in [3.63, 3.8) is 0 Å². The number of aromatic carboxylic acids is 1. The van der Waals surface area contributed by atoms with Crippen molar-refractivity contribution in [2.24, 2.45) is 0 Å². The van der Waals surface area contributed by atoms with E-state index in [2.05, 4.69) is 4.90 Å². The van der Waals surface area contributed by atoms with Crippen LogP contribution in [0.2, 0.25) is 0 Å². The van der Waals surface area contributed by atoms with Crippen LogP contribution < -0.4 is 9.64 Å². The molecule has 1 amide bonds. The molecule has 0 atom stereocenters. The highest BCUT2D eigenvalue weighted by molar-refractivity contribution is 5.88. The van der Waals surface area contributed by atoms with E-state index in [1.807, 2.05) is 6.07 Å². The van der Waals surface area contributed by atoms with Crippen LogP contribution in [0.25, 0.3) is 0 Å². The summed E-state index contributed by atoms with van der Waals surface area (Å²) < 4.78 is 18.2. The van der Waals surface area contributed by atoms with E-state index in [1.165, 1.54) is 24.3 Å². The maximum Gasteiger partial charge on any atom is 0.335 e. The summed E-state index contributed by atoms with van der Waals surface area (Å²) in [6.45, 7) is 2.20. The Kier molecular flexibility index (Phi) is 5.36. The summed E-state index contributed by atoms with van der Waals surface area (Å²) in [7, 11) is 0. The van der Waals surface area contributed by atoms with Crippen molar-refractivity contribution in [3.05, 3.63) is 59.9 Å². The number of halogens is 1. The average Bonchev–Trinajstić information content (AvgIpc) is 2.67. The fourth-order valence-electron chi connectivity index (χ4n) is 2.82. The molecule has 0 unspecified atom stereocenters. The minimum Gasteiger partial charge on any atom is -0.484 e. The lowest BCUT2D eigenvalue weighted by Crippen LogP contribution is -2.50. The zero-order chi connectivity index (χ0) is 18.5. The molecule has 2 aromatic carbocycles. The van der Waals surface area contributed by atoms with E-state index in [0.717, 1.165) is 5.69 Å². The molecule has 1 N–H and O–H groups in total. The Morgan fingerprint density at radius 3 is 2.38 bits per heavy atom. The molecule has 6 nitrogen and oxygen atoms in total. The van der Waals surface area contributed by atoms with Crippen LogP contribution in [0, 0.1) is 5.82 Å². The number of carboxylic acids is 1. The summed E-state index contributed by atoms with van der Waals surface area (Å²) in [5.41, 5.74) is 1.08. The van der Waals surface area contributed by atoms with Gasteiger partial charge >= 0.3 is 5.97 Å². The van der Waals surface area contributed by atoms with Gasteiger partial charge in [-0.1, -0.05) is 6.07 Å². The minimum atomic E-state index is -0.960. The molecule has 1 heterocycles. The summed E-state index contributed by atoms with van der Waals surface area (Å²) in [5.74, 6) is -0.998. The molecule has 1 fully saturated rings. The number of hydrogen-bond acceptors (Lipinski definition) is 4. The van der Waals surface area contributed by atoms with Gasteiger partial charge in [0.15, 0.2) is 6.61 Å². The molecule has 26 heavy (non-hydrogen) atoms. The lowest BCUT2D eigenvalue weighted by atomic mass is 10.1. The van der Waals surface area contributed by atoms with E-state index in [1.54, 1.807) is 23.1 Å². The highest BCUT2D eigenvalue weighted by atomic mass is 19.1. The molecule has 1 aliphatic rings. The van der Waals surface area contributed by atoms with Crippen LogP contribution >= 0.6 is 0 Å². The van der Waals surface area contributed by atoms with Gasteiger partial charge in [-0.3, -0.25) is 4.79 Å². The largest absolute Gasteiger partial charge is 0.484 e. The second-order valence-electron chi connectivity index (χ2n) is 5.97. The van der Waals surface area contributed by atoms with E-state index in [4.69, 9.17) is 9.84 Å². The van der Waals surface area contributed by atoms with Gasteiger partial charge in [0.1, 0.15) is 11.6 Å². The standard InChI is InChI=1S/C19H19FN2O4/c20-15-4-6-17(7-5-15)26-13-18(23)22-10-8-21(9-11-22)16-3-1-2-14(12-16)19(24)25/h1-7,12H,8-11,13H2,(H,24,25). The molecular formula is C19H19FN2O4. The van der Waals surface area contributed by atoms with Gasteiger partial charge in [-0.25, -0.2) is 9.18 Å². The number of carbonyl (C=O) groups is 2. The molecule has 136 valence electrons. The van der Waals surface area contributed by atoms with E-state index in [9.17, 15) is 14.0 Å². The monoisotopic (exact) mass is 358 g/mol. The van der Waals surface area contributed by atoms with Crippen LogP contribution in [0.5, 0.6) is 5.75 Å². The highest BCUT2D eigenvalue weighted by Crippen LogP contribution is 2.18. The quantitative estimate of drug-likeness (QED) is 0.888. The molecule has 0 spiro atoms. The predicted molar refractivity (Wildman–Crippen MR) is 94.1 cm³/mol. The zero-order valence-electron chi connectivity index (χ0n) is 14.1.